The molecule has 2 aliphatic rings. The van der Waals surface area contributed by atoms with Gasteiger partial charge in [-0.15, -0.1) is 5.10 Å². The molecule has 0 N–H and O–H groups in total. The van der Waals surface area contributed by atoms with Crippen molar-refractivity contribution in [2.24, 2.45) is 4.99 Å². The third-order valence-electron chi connectivity index (χ3n) is 6.18. The van der Waals surface area contributed by atoms with Gasteiger partial charge in [0, 0.05) is 24.4 Å². The van der Waals surface area contributed by atoms with Crippen molar-refractivity contribution < 1.29 is 19.0 Å². The smallest absolute Gasteiger partial charge is 0.256 e. The monoisotopic (exact) mass is 473 g/mol. The fourth-order valence-corrected chi connectivity index (χ4v) is 4.29. The fourth-order valence-electron chi connectivity index (χ4n) is 4.29. The standard InChI is InChI=1S/C26H27N5O4/c1-33-20-9-7-18(8-10-20)23-17-30(29-28-23)11-3-4-13-35-25-15-22-21(14-24(25)34-2)26(32)31-12-5-6-19(31)16-27-22/h3-4,7-10,14-17,19H,5-6,11-13H2,1-2H3/b4-3+/t19-/m0/s1. The van der Waals surface area contributed by atoms with Gasteiger partial charge in [-0.2, -0.15) is 0 Å². The number of nitrogens with zero attached hydrogens (tertiary/aromatic N) is 5. The van der Waals surface area contributed by atoms with Crippen LogP contribution < -0.4 is 14.2 Å². The van der Waals surface area contributed by atoms with Gasteiger partial charge in [0.15, 0.2) is 11.5 Å². The van der Waals surface area contributed by atoms with Crippen molar-refractivity contribution in [1.82, 2.24) is 19.9 Å². The third-order valence-corrected chi connectivity index (χ3v) is 6.18. The highest BCUT2D eigenvalue weighted by Crippen LogP contribution is 2.38. The number of aliphatic imine (C=N–C) groups is 1. The number of hydrogen-bond donors (Lipinski definition) is 0. The van der Waals surface area contributed by atoms with Gasteiger partial charge in [-0.25, -0.2) is 4.68 Å². The zero-order valence-electron chi connectivity index (χ0n) is 19.8. The topological polar surface area (TPSA) is 91.1 Å². The van der Waals surface area contributed by atoms with E-state index in [4.69, 9.17) is 14.2 Å². The molecular weight excluding hydrogens is 446 g/mol. The summed E-state index contributed by atoms with van der Waals surface area (Å²) < 4.78 is 18.4. The Morgan fingerprint density at radius 2 is 1.94 bits per heavy atom. The lowest BCUT2D eigenvalue weighted by Gasteiger charge is -2.20. The molecule has 1 fully saturated rings. The molecule has 9 heteroatoms. The van der Waals surface area contributed by atoms with E-state index in [0.29, 0.717) is 35.9 Å². The van der Waals surface area contributed by atoms with Crippen molar-refractivity contribution in [3.8, 4) is 28.5 Å². The molecule has 0 bridgehead atoms. The normalized spacial score (nSPS) is 16.8. The first-order valence-corrected chi connectivity index (χ1v) is 11.6. The molecule has 1 saturated heterocycles. The molecule has 0 unspecified atom stereocenters. The average molecular weight is 474 g/mol. The van der Waals surface area contributed by atoms with Gasteiger partial charge in [0.25, 0.3) is 5.91 Å². The zero-order chi connectivity index (χ0) is 24.2. The van der Waals surface area contributed by atoms with Crippen LogP contribution in [0.3, 0.4) is 0 Å². The van der Waals surface area contributed by atoms with Crippen LogP contribution in [0.1, 0.15) is 23.2 Å². The summed E-state index contributed by atoms with van der Waals surface area (Å²) in [5, 5.41) is 8.41. The quantitative estimate of drug-likeness (QED) is 0.461. The van der Waals surface area contributed by atoms with Gasteiger partial charge in [-0.05, 0) is 49.2 Å². The number of rotatable bonds is 8. The summed E-state index contributed by atoms with van der Waals surface area (Å²) in [5.41, 5.74) is 2.92. The Labute approximate surface area is 203 Å². The number of fused-ring (bicyclic) bond motifs is 2. The summed E-state index contributed by atoms with van der Waals surface area (Å²) in [7, 11) is 3.21. The Hall–Kier alpha value is -4.14. The Balaban J connectivity index is 1.21. The lowest BCUT2D eigenvalue weighted by atomic mass is 10.1. The maximum atomic E-state index is 13.0. The number of carbonyl (C=O) groups excluding carboxylic acids is 1. The number of allylic oxidation sites excluding steroid dienone is 1. The molecule has 3 aromatic rings. The van der Waals surface area contributed by atoms with Crippen LogP contribution in [0.5, 0.6) is 17.2 Å². The number of hydrogen-bond acceptors (Lipinski definition) is 7. The van der Waals surface area contributed by atoms with Crippen LogP contribution in [0.15, 0.2) is 59.7 Å². The van der Waals surface area contributed by atoms with Gasteiger partial charge in [0.05, 0.1) is 44.3 Å². The number of amides is 1. The molecule has 2 aromatic carbocycles. The molecular formula is C26H27N5O4. The molecule has 180 valence electrons. The molecule has 1 aromatic heterocycles. The molecule has 35 heavy (non-hydrogen) atoms. The molecule has 1 amide bonds. The number of methoxy groups -OCH3 is 2. The average Bonchev–Trinajstić information content (AvgIpc) is 3.54. The van der Waals surface area contributed by atoms with E-state index >= 15 is 0 Å². The van der Waals surface area contributed by atoms with E-state index in [-0.39, 0.29) is 11.9 Å². The van der Waals surface area contributed by atoms with E-state index in [9.17, 15) is 4.79 Å². The second kappa shape index (κ2) is 10.0. The van der Waals surface area contributed by atoms with Crippen molar-refractivity contribution >= 4 is 17.8 Å². The molecule has 2 aliphatic heterocycles. The number of ether oxygens (including phenoxy) is 3. The Kier molecular flexibility index (Phi) is 6.47. The first-order valence-electron chi connectivity index (χ1n) is 11.6. The summed E-state index contributed by atoms with van der Waals surface area (Å²) in [6.45, 7) is 1.65. The van der Waals surface area contributed by atoms with Crippen LogP contribution in [0.2, 0.25) is 0 Å². The Morgan fingerprint density at radius 3 is 2.74 bits per heavy atom. The van der Waals surface area contributed by atoms with Crippen molar-refractivity contribution in [3.63, 3.8) is 0 Å². The predicted molar refractivity (Wildman–Crippen MR) is 132 cm³/mol. The van der Waals surface area contributed by atoms with Crippen molar-refractivity contribution in [1.29, 1.82) is 0 Å². The molecule has 3 heterocycles. The van der Waals surface area contributed by atoms with Crippen molar-refractivity contribution in [2.75, 3.05) is 27.4 Å². The Bertz CT molecular complexity index is 1270. The predicted octanol–water partition coefficient (Wildman–Crippen LogP) is 3.92. The van der Waals surface area contributed by atoms with Gasteiger partial charge in [0.1, 0.15) is 18.1 Å². The maximum absolute atomic E-state index is 13.0. The summed E-state index contributed by atoms with van der Waals surface area (Å²) in [6, 6.07) is 11.3. The summed E-state index contributed by atoms with van der Waals surface area (Å²) in [6.07, 6.45) is 9.57. The van der Waals surface area contributed by atoms with Crippen LogP contribution in [0.25, 0.3) is 11.3 Å². The van der Waals surface area contributed by atoms with Crippen LogP contribution in [-0.2, 0) is 6.54 Å². The van der Waals surface area contributed by atoms with Gasteiger partial charge < -0.3 is 19.1 Å². The molecule has 0 saturated carbocycles. The lowest BCUT2D eigenvalue weighted by molar-refractivity contribution is 0.0774. The molecule has 5 rings (SSSR count). The van der Waals surface area contributed by atoms with Gasteiger partial charge in [-0.1, -0.05) is 11.3 Å². The van der Waals surface area contributed by atoms with E-state index in [0.717, 1.165) is 36.4 Å². The summed E-state index contributed by atoms with van der Waals surface area (Å²) >= 11 is 0. The lowest BCUT2D eigenvalue weighted by Crippen LogP contribution is -2.35. The SMILES string of the molecule is COc1ccc(-c2cn(C/C=C/COc3cc4c(cc3OC)C(=O)N3CCC[C@H]3C=N4)nn2)cc1. The largest absolute Gasteiger partial charge is 0.497 e. The van der Waals surface area contributed by atoms with Crippen molar-refractivity contribution in [3.05, 3.63) is 60.3 Å². The molecule has 1 atom stereocenters. The van der Waals surface area contributed by atoms with Crippen LogP contribution in [0, 0.1) is 0 Å². The fraction of sp³-hybridized carbons (Fsp3) is 0.308. The Morgan fingerprint density at radius 1 is 1.09 bits per heavy atom. The van der Waals surface area contributed by atoms with Gasteiger partial charge >= 0.3 is 0 Å². The summed E-state index contributed by atoms with van der Waals surface area (Å²) in [4.78, 5) is 19.4. The van der Waals surface area contributed by atoms with Gasteiger partial charge in [0.2, 0.25) is 0 Å². The number of carbonyl (C=O) groups is 1. The number of aromatic nitrogens is 3. The van der Waals surface area contributed by atoms with E-state index < -0.39 is 0 Å². The van der Waals surface area contributed by atoms with E-state index in [1.165, 1.54) is 0 Å². The zero-order valence-corrected chi connectivity index (χ0v) is 19.8. The highest BCUT2D eigenvalue weighted by Gasteiger charge is 2.32. The van der Waals surface area contributed by atoms with Crippen molar-refractivity contribution in [2.45, 2.75) is 25.4 Å². The first-order chi connectivity index (χ1) is 17.2. The molecule has 9 nitrogen and oxygen atoms in total. The van der Waals surface area contributed by atoms with Crippen LogP contribution in [-0.4, -0.2) is 65.4 Å². The highest BCUT2D eigenvalue weighted by atomic mass is 16.5. The number of benzene rings is 2. The minimum atomic E-state index is -0.00779. The molecule has 0 spiro atoms. The minimum Gasteiger partial charge on any atom is -0.497 e. The second-order valence-corrected chi connectivity index (χ2v) is 8.34. The van der Waals surface area contributed by atoms with Crippen LogP contribution >= 0.6 is 0 Å². The van der Waals surface area contributed by atoms with E-state index in [2.05, 4.69) is 15.3 Å². The summed E-state index contributed by atoms with van der Waals surface area (Å²) in [5.74, 6) is 1.85. The first kappa shape index (κ1) is 22.6. The molecule has 0 aliphatic carbocycles. The minimum absolute atomic E-state index is 0.00779. The van der Waals surface area contributed by atoms with Gasteiger partial charge in [-0.3, -0.25) is 9.79 Å². The maximum Gasteiger partial charge on any atom is 0.256 e. The van der Waals surface area contributed by atoms with E-state index in [1.807, 2.05) is 53.7 Å². The van der Waals surface area contributed by atoms with Crippen LogP contribution in [0.4, 0.5) is 5.69 Å². The highest BCUT2D eigenvalue weighted by molar-refractivity contribution is 6.03. The third kappa shape index (κ3) is 4.75. The molecule has 0 radical (unpaired) electrons. The second-order valence-electron chi connectivity index (χ2n) is 8.34. The van der Waals surface area contributed by atoms with E-state index in [1.54, 1.807) is 31.0 Å².